The maximum Gasteiger partial charge on any atom is 0.387 e. The number of aromatic amines is 2. The predicted octanol–water partition coefficient (Wildman–Crippen LogP) is -2.06. The van der Waals surface area contributed by atoms with Gasteiger partial charge in [0.15, 0.2) is 5.52 Å². The van der Waals surface area contributed by atoms with Crippen molar-refractivity contribution in [3.05, 3.63) is 18.0 Å². The summed E-state index contributed by atoms with van der Waals surface area (Å²) >= 11 is 0. The first-order valence-electron chi connectivity index (χ1n) is 5.95. The van der Waals surface area contributed by atoms with Crippen LogP contribution in [0.2, 0.25) is 0 Å². The second kappa shape index (κ2) is 5.93. The fourth-order valence-electron chi connectivity index (χ4n) is 2.00. The topological polar surface area (TPSA) is 142 Å². The number of H-pyrrole nitrogens is 2. The molecule has 0 aliphatic heterocycles. The fourth-order valence-corrected chi connectivity index (χ4v) is 2.00. The Labute approximate surface area is 109 Å². The molecule has 0 saturated heterocycles. The molecule has 0 aliphatic rings. The Morgan fingerprint density at radius 2 is 2.26 bits per heavy atom. The lowest BCUT2D eigenvalue weighted by Gasteiger charge is -2.21. The van der Waals surface area contributed by atoms with Crippen LogP contribution in [0.5, 0.6) is 0 Å². The lowest BCUT2D eigenvalue weighted by molar-refractivity contribution is -0.362. The standard InChI is InChI=1S/C11H17N5O3/c12-11-15-4-7-9(16-11)6(3-14-7)10(8(19)5-18)13-1-2-17/h3-4,8,10,13-14,17-19H,1-2,5H2,(H2,12,15,16)/p+1. The van der Waals surface area contributed by atoms with Crippen LogP contribution >= 0.6 is 0 Å². The zero-order chi connectivity index (χ0) is 13.8. The van der Waals surface area contributed by atoms with Gasteiger partial charge in [0.1, 0.15) is 5.52 Å². The van der Waals surface area contributed by atoms with Crippen LogP contribution in [0.4, 0.5) is 5.95 Å². The lowest BCUT2D eigenvalue weighted by Crippen LogP contribution is -2.35. The molecule has 0 bridgehead atoms. The molecule has 2 heterocycles. The maximum absolute atomic E-state index is 9.87. The van der Waals surface area contributed by atoms with Crippen molar-refractivity contribution in [3.8, 4) is 0 Å². The highest BCUT2D eigenvalue weighted by molar-refractivity contribution is 5.78. The zero-order valence-electron chi connectivity index (χ0n) is 10.3. The van der Waals surface area contributed by atoms with Crippen LogP contribution in [0.3, 0.4) is 0 Å². The lowest BCUT2D eigenvalue weighted by atomic mass is 10.0. The Hall–Kier alpha value is -1.74. The summed E-state index contributed by atoms with van der Waals surface area (Å²) in [6.45, 7) is -0.173. The molecule has 104 valence electrons. The summed E-state index contributed by atoms with van der Waals surface area (Å²) in [5, 5.41) is 30.8. The van der Waals surface area contributed by atoms with Gasteiger partial charge in [0.05, 0.1) is 31.6 Å². The third kappa shape index (κ3) is 2.82. The van der Waals surface area contributed by atoms with Gasteiger partial charge in [-0.25, -0.2) is 4.98 Å². The number of nitrogens with zero attached hydrogens (tertiary/aromatic N) is 1. The molecule has 0 aliphatic carbocycles. The highest BCUT2D eigenvalue weighted by atomic mass is 16.3. The van der Waals surface area contributed by atoms with E-state index < -0.39 is 18.8 Å². The number of nitrogen functional groups attached to an aromatic ring is 1. The van der Waals surface area contributed by atoms with Gasteiger partial charge < -0.3 is 25.6 Å². The Morgan fingerprint density at radius 1 is 1.47 bits per heavy atom. The largest absolute Gasteiger partial charge is 0.395 e. The van der Waals surface area contributed by atoms with Gasteiger partial charge in [-0.05, 0) is 0 Å². The molecule has 8 nitrogen and oxygen atoms in total. The molecule has 8 heteroatoms. The SMILES string of the molecule is Nc1nc2c(C(NCCO)C(O)CO)c[nH]c2c[nH+]1. The number of hydrogen-bond donors (Lipinski definition) is 6. The molecule has 19 heavy (non-hydrogen) atoms. The van der Waals surface area contributed by atoms with Crippen molar-refractivity contribution >= 4 is 17.0 Å². The summed E-state index contributed by atoms with van der Waals surface area (Å²) in [6.07, 6.45) is 2.37. The maximum atomic E-state index is 9.87. The van der Waals surface area contributed by atoms with Crippen LogP contribution in [0.15, 0.2) is 12.4 Å². The van der Waals surface area contributed by atoms with Gasteiger partial charge in [0.2, 0.25) is 0 Å². The van der Waals surface area contributed by atoms with Gasteiger partial charge in [0, 0.05) is 18.3 Å². The minimum atomic E-state index is -1.00. The number of aliphatic hydroxyl groups excluding tert-OH is 3. The minimum absolute atomic E-state index is 0.0691. The Bertz CT molecular complexity index is 544. The Balaban J connectivity index is 2.40. The predicted molar refractivity (Wildman–Crippen MR) is 68.0 cm³/mol. The van der Waals surface area contributed by atoms with E-state index in [0.29, 0.717) is 17.6 Å². The third-order valence-corrected chi connectivity index (χ3v) is 2.89. The zero-order valence-corrected chi connectivity index (χ0v) is 10.3. The number of nitrogens with one attached hydrogen (secondary N) is 3. The van der Waals surface area contributed by atoms with E-state index in [9.17, 15) is 5.11 Å². The van der Waals surface area contributed by atoms with Crippen LogP contribution in [0.25, 0.3) is 11.0 Å². The molecule has 2 atom stereocenters. The van der Waals surface area contributed by atoms with E-state index in [4.69, 9.17) is 15.9 Å². The van der Waals surface area contributed by atoms with Gasteiger partial charge in [-0.1, -0.05) is 4.98 Å². The summed E-state index contributed by atoms with van der Waals surface area (Å²) in [4.78, 5) is 9.96. The van der Waals surface area contributed by atoms with E-state index >= 15 is 0 Å². The van der Waals surface area contributed by atoms with E-state index in [-0.39, 0.29) is 12.6 Å². The summed E-state index contributed by atoms with van der Waals surface area (Å²) in [7, 11) is 0. The van der Waals surface area contributed by atoms with E-state index in [1.54, 1.807) is 12.4 Å². The third-order valence-electron chi connectivity index (χ3n) is 2.89. The molecule has 0 radical (unpaired) electrons. The molecule has 8 N–H and O–H groups in total. The highest BCUT2D eigenvalue weighted by Gasteiger charge is 2.25. The monoisotopic (exact) mass is 268 g/mol. The number of aliphatic hydroxyl groups is 3. The number of anilines is 1. The summed E-state index contributed by atoms with van der Waals surface area (Å²) in [6, 6.07) is -0.541. The molecular weight excluding hydrogens is 250 g/mol. The van der Waals surface area contributed by atoms with Crippen molar-refractivity contribution in [3.63, 3.8) is 0 Å². The van der Waals surface area contributed by atoms with Gasteiger partial charge in [0.25, 0.3) is 0 Å². The van der Waals surface area contributed by atoms with E-state index in [2.05, 4.69) is 20.3 Å². The van der Waals surface area contributed by atoms with Gasteiger partial charge >= 0.3 is 5.95 Å². The first-order valence-corrected chi connectivity index (χ1v) is 5.95. The Kier molecular flexibility index (Phi) is 4.27. The summed E-state index contributed by atoms with van der Waals surface area (Å²) in [5.74, 6) is 0.257. The average Bonchev–Trinajstić information content (AvgIpc) is 2.82. The first kappa shape index (κ1) is 13.7. The van der Waals surface area contributed by atoms with Crippen molar-refractivity contribution < 1.29 is 20.3 Å². The molecule has 2 unspecified atom stereocenters. The van der Waals surface area contributed by atoms with E-state index in [1.165, 1.54) is 0 Å². The van der Waals surface area contributed by atoms with Crippen LogP contribution in [0, 0.1) is 0 Å². The van der Waals surface area contributed by atoms with Crippen LogP contribution < -0.4 is 16.0 Å². The van der Waals surface area contributed by atoms with Crippen molar-refractivity contribution in [1.29, 1.82) is 0 Å². The van der Waals surface area contributed by atoms with Gasteiger partial charge in [-0.15, -0.1) is 0 Å². The second-order valence-corrected chi connectivity index (χ2v) is 4.20. The number of nitrogens with two attached hydrogens (primary N) is 1. The van der Waals surface area contributed by atoms with Crippen molar-refractivity contribution in [2.75, 3.05) is 25.5 Å². The smallest absolute Gasteiger partial charge is 0.387 e. The number of rotatable bonds is 6. The highest BCUT2D eigenvalue weighted by Crippen LogP contribution is 2.24. The minimum Gasteiger partial charge on any atom is -0.395 e. The van der Waals surface area contributed by atoms with Crippen molar-refractivity contribution in [2.24, 2.45) is 0 Å². The van der Waals surface area contributed by atoms with E-state index in [0.717, 1.165) is 5.52 Å². The summed E-state index contributed by atoms with van der Waals surface area (Å²) < 4.78 is 0. The van der Waals surface area contributed by atoms with Gasteiger partial charge in [-0.2, -0.15) is 0 Å². The fraction of sp³-hybridized carbons (Fsp3) is 0.455. The quantitative estimate of drug-likeness (QED) is 0.355. The number of hydrogen-bond acceptors (Lipinski definition) is 6. The molecular formula is C11H18N5O3+. The van der Waals surface area contributed by atoms with Crippen LogP contribution in [-0.4, -0.2) is 51.2 Å². The molecule has 0 spiro atoms. The van der Waals surface area contributed by atoms with Crippen molar-refractivity contribution in [1.82, 2.24) is 15.3 Å². The summed E-state index contributed by atoms with van der Waals surface area (Å²) in [5.41, 5.74) is 7.65. The molecule has 0 fully saturated rings. The molecule has 2 aromatic rings. The number of fused-ring (bicyclic) bond motifs is 1. The molecule has 0 saturated carbocycles. The first-order chi connectivity index (χ1) is 9.17. The number of aromatic nitrogens is 3. The normalized spacial score (nSPS) is 14.7. The molecule has 0 aromatic carbocycles. The molecule has 2 aromatic heterocycles. The molecule has 0 amide bonds. The average molecular weight is 268 g/mol. The second-order valence-electron chi connectivity index (χ2n) is 4.20. The van der Waals surface area contributed by atoms with E-state index in [1.807, 2.05) is 0 Å². The van der Waals surface area contributed by atoms with Gasteiger partial charge in [-0.3, -0.25) is 5.73 Å². The van der Waals surface area contributed by atoms with Crippen LogP contribution in [-0.2, 0) is 0 Å². The van der Waals surface area contributed by atoms with Crippen LogP contribution in [0.1, 0.15) is 11.6 Å². The molecule has 2 rings (SSSR count). The van der Waals surface area contributed by atoms with Crippen molar-refractivity contribution in [2.45, 2.75) is 12.1 Å². The Morgan fingerprint density at radius 3 is 2.95 bits per heavy atom.